The summed E-state index contributed by atoms with van der Waals surface area (Å²) in [6.07, 6.45) is 1.23. The van der Waals surface area contributed by atoms with E-state index in [0.29, 0.717) is 22.8 Å². The number of hydrogen-bond donors (Lipinski definition) is 1. The number of ether oxygens (including phenoxy) is 1. The van der Waals surface area contributed by atoms with Gasteiger partial charge in [0.05, 0.1) is 0 Å². The van der Waals surface area contributed by atoms with Crippen LogP contribution < -0.4 is 10.1 Å². The molecule has 2 aromatic carbocycles. The second-order valence-electron chi connectivity index (χ2n) is 6.47. The Kier molecular flexibility index (Phi) is 5.87. The maximum absolute atomic E-state index is 13.2. The van der Waals surface area contributed by atoms with Crippen molar-refractivity contribution in [1.29, 1.82) is 0 Å². The first-order valence-electron chi connectivity index (χ1n) is 8.78. The summed E-state index contributed by atoms with van der Waals surface area (Å²) in [5, 5.41) is 13.5. The highest BCUT2D eigenvalue weighted by Gasteiger charge is 2.17. The molecule has 0 atom stereocenters. The fourth-order valence-electron chi connectivity index (χ4n) is 2.74. The molecule has 0 unspecified atom stereocenters. The van der Waals surface area contributed by atoms with Crippen molar-refractivity contribution in [2.45, 2.75) is 27.0 Å². The van der Waals surface area contributed by atoms with Crippen LogP contribution in [0.25, 0.3) is 0 Å². The number of aromatic nitrogens is 2. The van der Waals surface area contributed by atoms with Crippen LogP contribution in [0.1, 0.15) is 17.0 Å². The van der Waals surface area contributed by atoms with Gasteiger partial charge in [0.25, 0.3) is 0 Å². The number of aryl methyl sites for hydroxylation is 2. The fraction of sp³-hybridized carbons (Fsp3) is 0.200. The molecule has 8 nitrogen and oxygen atoms in total. The van der Waals surface area contributed by atoms with Gasteiger partial charge in [-0.15, -0.1) is 0 Å². The van der Waals surface area contributed by atoms with Gasteiger partial charge in [0.2, 0.25) is 11.7 Å². The topological polar surface area (TPSA) is 99.3 Å². The summed E-state index contributed by atoms with van der Waals surface area (Å²) in [6.45, 7) is 3.54. The first-order valence-corrected chi connectivity index (χ1v) is 8.78. The van der Waals surface area contributed by atoms with Gasteiger partial charge < -0.3 is 20.2 Å². The number of anilines is 1. The van der Waals surface area contributed by atoms with E-state index in [9.17, 15) is 19.3 Å². The normalized spacial score (nSPS) is 10.6. The number of nitrogens with one attached hydrogen (secondary N) is 1. The van der Waals surface area contributed by atoms with Gasteiger partial charge in [-0.2, -0.15) is 0 Å². The first kappa shape index (κ1) is 20.0. The van der Waals surface area contributed by atoms with Gasteiger partial charge in [-0.1, -0.05) is 12.1 Å². The number of nitro groups is 1. The van der Waals surface area contributed by atoms with E-state index in [4.69, 9.17) is 4.74 Å². The van der Waals surface area contributed by atoms with Gasteiger partial charge in [-0.05, 0) is 58.3 Å². The number of rotatable bonds is 7. The minimum absolute atomic E-state index is 0.0933. The summed E-state index contributed by atoms with van der Waals surface area (Å²) in [5.41, 5.74) is 2.09. The molecule has 3 aromatic rings. The molecule has 1 amide bonds. The van der Waals surface area contributed by atoms with Crippen LogP contribution in [0.3, 0.4) is 0 Å². The molecule has 1 aromatic heterocycles. The molecule has 150 valence electrons. The molecule has 1 heterocycles. The molecule has 0 aliphatic heterocycles. The van der Waals surface area contributed by atoms with Crippen LogP contribution in [0.15, 0.2) is 48.7 Å². The number of halogens is 1. The lowest BCUT2D eigenvalue weighted by Gasteiger charge is -2.12. The zero-order valence-electron chi connectivity index (χ0n) is 15.9. The Morgan fingerprint density at radius 3 is 2.72 bits per heavy atom. The van der Waals surface area contributed by atoms with Crippen LogP contribution in [0, 0.1) is 29.8 Å². The molecule has 0 aliphatic carbocycles. The minimum Gasteiger partial charge on any atom is -0.489 e. The third-order valence-electron chi connectivity index (χ3n) is 4.23. The summed E-state index contributed by atoms with van der Waals surface area (Å²) in [6, 6.07) is 11.3. The largest absolute Gasteiger partial charge is 0.489 e. The highest BCUT2D eigenvalue weighted by atomic mass is 19.1. The molecule has 0 spiro atoms. The van der Waals surface area contributed by atoms with E-state index >= 15 is 0 Å². The van der Waals surface area contributed by atoms with E-state index in [2.05, 4.69) is 10.3 Å². The van der Waals surface area contributed by atoms with Gasteiger partial charge in [0, 0.05) is 12.6 Å². The van der Waals surface area contributed by atoms with Crippen molar-refractivity contribution < 1.29 is 18.8 Å². The number of hydrogen-bond acceptors (Lipinski definition) is 5. The van der Waals surface area contributed by atoms with Crippen LogP contribution in [0.5, 0.6) is 5.75 Å². The van der Waals surface area contributed by atoms with E-state index < -0.39 is 4.92 Å². The highest BCUT2D eigenvalue weighted by Crippen LogP contribution is 2.22. The summed E-state index contributed by atoms with van der Waals surface area (Å²) >= 11 is 0. The van der Waals surface area contributed by atoms with E-state index in [1.807, 2.05) is 6.92 Å². The minimum atomic E-state index is -0.603. The van der Waals surface area contributed by atoms with E-state index in [1.54, 1.807) is 37.3 Å². The van der Waals surface area contributed by atoms with Gasteiger partial charge in [-0.3, -0.25) is 9.36 Å². The Bertz CT molecular complexity index is 1060. The number of benzene rings is 2. The van der Waals surface area contributed by atoms with Crippen molar-refractivity contribution in [3.63, 3.8) is 0 Å². The summed E-state index contributed by atoms with van der Waals surface area (Å²) in [4.78, 5) is 26.3. The van der Waals surface area contributed by atoms with E-state index in [-0.39, 0.29) is 30.7 Å². The Balaban J connectivity index is 1.61. The Morgan fingerprint density at radius 1 is 1.28 bits per heavy atom. The Hall–Kier alpha value is -3.75. The van der Waals surface area contributed by atoms with Crippen molar-refractivity contribution in [2.75, 3.05) is 5.32 Å². The Morgan fingerprint density at radius 2 is 2.07 bits per heavy atom. The lowest BCUT2D eigenvalue weighted by Crippen LogP contribution is -2.19. The van der Waals surface area contributed by atoms with Gasteiger partial charge in [0.15, 0.2) is 0 Å². The predicted molar refractivity (Wildman–Crippen MR) is 104 cm³/mol. The highest BCUT2D eigenvalue weighted by molar-refractivity contribution is 5.91. The SMILES string of the molecule is Cc1cc(OCc2cccc(F)c2)ccc1NC(=O)Cn1cc([N+](=O)[O-])nc1C. The number of imidazole rings is 1. The van der Waals surface area contributed by atoms with Crippen molar-refractivity contribution in [2.24, 2.45) is 0 Å². The van der Waals surface area contributed by atoms with Crippen LogP contribution >= 0.6 is 0 Å². The standard InChI is InChI=1S/C20H19FN4O4/c1-13-8-17(29-12-15-4-3-5-16(21)9-15)6-7-18(13)23-20(26)11-24-10-19(25(27)28)22-14(24)2/h3-10H,11-12H2,1-2H3,(H,23,26). The summed E-state index contributed by atoms with van der Waals surface area (Å²) < 4.78 is 20.3. The zero-order chi connectivity index (χ0) is 21.0. The first-order chi connectivity index (χ1) is 13.8. The third-order valence-corrected chi connectivity index (χ3v) is 4.23. The molecular formula is C20H19FN4O4. The van der Waals surface area contributed by atoms with E-state index in [1.165, 1.54) is 22.9 Å². The second kappa shape index (κ2) is 8.51. The molecular weight excluding hydrogens is 379 g/mol. The quantitative estimate of drug-likeness (QED) is 0.482. The van der Waals surface area contributed by atoms with Gasteiger partial charge >= 0.3 is 5.82 Å². The van der Waals surface area contributed by atoms with Crippen LogP contribution in [-0.4, -0.2) is 20.4 Å². The molecule has 0 bridgehead atoms. The van der Waals surface area contributed by atoms with E-state index in [0.717, 1.165) is 5.56 Å². The molecule has 3 rings (SSSR count). The van der Waals surface area contributed by atoms with Gasteiger partial charge in [0.1, 0.15) is 30.9 Å². The number of amides is 1. The van der Waals surface area contributed by atoms with Crippen molar-refractivity contribution in [3.8, 4) is 5.75 Å². The lowest BCUT2D eigenvalue weighted by atomic mass is 10.2. The molecule has 0 aliphatic rings. The lowest BCUT2D eigenvalue weighted by molar-refractivity contribution is -0.389. The van der Waals surface area contributed by atoms with Crippen molar-refractivity contribution in [1.82, 2.24) is 9.55 Å². The summed E-state index contributed by atoms with van der Waals surface area (Å²) in [7, 11) is 0. The molecule has 0 saturated heterocycles. The molecule has 0 fully saturated rings. The average molecular weight is 398 g/mol. The maximum atomic E-state index is 13.2. The summed E-state index contributed by atoms with van der Waals surface area (Å²) in [5.74, 6) is 0.0116. The van der Waals surface area contributed by atoms with Crippen LogP contribution in [0.4, 0.5) is 15.9 Å². The van der Waals surface area contributed by atoms with Gasteiger partial charge in [-0.25, -0.2) is 4.39 Å². The fourth-order valence-corrected chi connectivity index (χ4v) is 2.74. The monoisotopic (exact) mass is 398 g/mol. The molecule has 1 N–H and O–H groups in total. The second-order valence-corrected chi connectivity index (χ2v) is 6.47. The van der Waals surface area contributed by atoms with Crippen LogP contribution in [0.2, 0.25) is 0 Å². The van der Waals surface area contributed by atoms with Crippen molar-refractivity contribution in [3.05, 3.63) is 81.5 Å². The van der Waals surface area contributed by atoms with Crippen molar-refractivity contribution >= 4 is 17.4 Å². The predicted octanol–water partition coefficient (Wildman–Crippen LogP) is 3.76. The molecule has 9 heteroatoms. The third kappa shape index (κ3) is 5.16. The molecule has 29 heavy (non-hydrogen) atoms. The molecule has 0 saturated carbocycles. The molecule has 0 radical (unpaired) electrons. The zero-order valence-corrected chi connectivity index (χ0v) is 15.9. The maximum Gasteiger partial charge on any atom is 0.381 e. The smallest absolute Gasteiger partial charge is 0.381 e. The van der Waals surface area contributed by atoms with Crippen LogP contribution in [-0.2, 0) is 17.9 Å². The average Bonchev–Trinajstić information content (AvgIpc) is 3.03. The number of nitrogens with zero attached hydrogens (tertiary/aromatic N) is 3. The number of carbonyl (C=O) groups excluding carboxylic acids is 1. The number of carbonyl (C=O) groups is 1. The Labute approximate surface area is 166 Å².